The van der Waals surface area contributed by atoms with Crippen LogP contribution in [-0.2, 0) is 17.7 Å². The molecule has 7 nitrogen and oxygen atoms in total. The van der Waals surface area contributed by atoms with Crippen molar-refractivity contribution in [3.8, 4) is 0 Å². The fourth-order valence-electron chi connectivity index (χ4n) is 2.26. The smallest absolute Gasteiger partial charge is 0.411 e. The fraction of sp³-hybridized carbons (Fsp3) is 0.167. The standard InChI is InChI=1S/C18H18N4O3/c1-24-18(23)20-15-9-5-8-14(11-15)19-12-16-21-17(25-22-16)10-13-6-3-2-4-7-13/h2-9,11,19H,10,12H2,1H3,(H,20,23). The topological polar surface area (TPSA) is 89.3 Å². The summed E-state index contributed by atoms with van der Waals surface area (Å²) >= 11 is 0. The Bertz CT molecular complexity index is 833. The van der Waals surface area contributed by atoms with Gasteiger partial charge in [0.05, 0.1) is 20.1 Å². The number of nitrogens with one attached hydrogen (secondary N) is 2. The van der Waals surface area contributed by atoms with E-state index in [2.05, 4.69) is 25.5 Å². The predicted molar refractivity (Wildman–Crippen MR) is 93.3 cm³/mol. The average Bonchev–Trinajstić information content (AvgIpc) is 3.08. The normalized spacial score (nSPS) is 10.3. The highest BCUT2D eigenvalue weighted by Gasteiger charge is 2.07. The van der Waals surface area contributed by atoms with Crippen molar-refractivity contribution in [2.75, 3.05) is 17.7 Å². The number of aromatic nitrogens is 2. The highest BCUT2D eigenvalue weighted by atomic mass is 16.5. The molecule has 128 valence electrons. The second-order valence-electron chi connectivity index (χ2n) is 5.32. The summed E-state index contributed by atoms with van der Waals surface area (Å²) in [5.41, 5.74) is 2.57. The van der Waals surface area contributed by atoms with Gasteiger partial charge in [-0.1, -0.05) is 41.6 Å². The largest absolute Gasteiger partial charge is 0.453 e. The van der Waals surface area contributed by atoms with Gasteiger partial charge >= 0.3 is 6.09 Å². The summed E-state index contributed by atoms with van der Waals surface area (Å²) in [4.78, 5) is 15.6. The minimum absolute atomic E-state index is 0.417. The molecule has 0 saturated carbocycles. The number of benzene rings is 2. The molecule has 1 aromatic heterocycles. The fourth-order valence-corrected chi connectivity index (χ4v) is 2.26. The van der Waals surface area contributed by atoms with Gasteiger partial charge in [-0.05, 0) is 23.8 Å². The number of amides is 1. The van der Waals surface area contributed by atoms with Crippen molar-refractivity contribution >= 4 is 17.5 Å². The molecule has 0 aliphatic carbocycles. The number of methoxy groups -OCH3 is 1. The molecule has 1 heterocycles. The van der Waals surface area contributed by atoms with Crippen molar-refractivity contribution in [1.82, 2.24) is 10.1 Å². The van der Waals surface area contributed by atoms with E-state index in [0.29, 0.717) is 30.4 Å². The van der Waals surface area contributed by atoms with Gasteiger partial charge in [0.15, 0.2) is 5.82 Å². The van der Waals surface area contributed by atoms with E-state index in [4.69, 9.17) is 4.52 Å². The second kappa shape index (κ2) is 7.96. The van der Waals surface area contributed by atoms with Crippen LogP contribution in [0.2, 0.25) is 0 Å². The lowest BCUT2D eigenvalue weighted by molar-refractivity contribution is 0.187. The zero-order chi connectivity index (χ0) is 17.5. The second-order valence-corrected chi connectivity index (χ2v) is 5.32. The van der Waals surface area contributed by atoms with Gasteiger partial charge < -0.3 is 14.6 Å². The van der Waals surface area contributed by atoms with Gasteiger partial charge in [0.25, 0.3) is 0 Å². The number of nitrogens with zero attached hydrogens (tertiary/aromatic N) is 2. The average molecular weight is 338 g/mol. The van der Waals surface area contributed by atoms with Crippen LogP contribution in [0.25, 0.3) is 0 Å². The molecular weight excluding hydrogens is 320 g/mol. The van der Waals surface area contributed by atoms with E-state index in [1.165, 1.54) is 7.11 Å². The molecule has 0 fully saturated rings. The van der Waals surface area contributed by atoms with Crippen LogP contribution >= 0.6 is 0 Å². The van der Waals surface area contributed by atoms with Gasteiger partial charge in [0.1, 0.15) is 0 Å². The van der Waals surface area contributed by atoms with Crippen LogP contribution in [0, 0.1) is 0 Å². The summed E-state index contributed by atoms with van der Waals surface area (Å²) in [5, 5.41) is 9.78. The molecule has 25 heavy (non-hydrogen) atoms. The van der Waals surface area contributed by atoms with Crippen molar-refractivity contribution in [3.05, 3.63) is 71.9 Å². The monoisotopic (exact) mass is 338 g/mol. The maximum Gasteiger partial charge on any atom is 0.411 e. The highest BCUT2D eigenvalue weighted by molar-refractivity contribution is 5.85. The maximum atomic E-state index is 11.2. The molecule has 2 aromatic carbocycles. The van der Waals surface area contributed by atoms with Crippen molar-refractivity contribution < 1.29 is 14.1 Å². The van der Waals surface area contributed by atoms with Gasteiger partial charge in [-0.2, -0.15) is 4.98 Å². The van der Waals surface area contributed by atoms with Crippen LogP contribution in [0.15, 0.2) is 59.1 Å². The number of carbonyl (C=O) groups is 1. The molecular formula is C18H18N4O3. The molecule has 1 amide bonds. The van der Waals surface area contributed by atoms with Gasteiger partial charge in [0, 0.05) is 11.4 Å². The van der Waals surface area contributed by atoms with Crippen LogP contribution in [0.3, 0.4) is 0 Å². The van der Waals surface area contributed by atoms with Crippen LogP contribution in [0.5, 0.6) is 0 Å². The molecule has 0 aliphatic rings. The third-order valence-electron chi connectivity index (χ3n) is 3.45. The first-order valence-electron chi connectivity index (χ1n) is 7.77. The van der Waals surface area contributed by atoms with E-state index in [1.54, 1.807) is 12.1 Å². The molecule has 0 bridgehead atoms. The molecule has 0 aliphatic heterocycles. The predicted octanol–water partition coefficient (Wildman–Crippen LogP) is 3.45. The van der Waals surface area contributed by atoms with Gasteiger partial charge in [0.2, 0.25) is 5.89 Å². The lowest BCUT2D eigenvalue weighted by atomic mass is 10.1. The Morgan fingerprint density at radius 1 is 1.12 bits per heavy atom. The van der Waals surface area contributed by atoms with E-state index in [0.717, 1.165) is 11.3 Å². The molecule has 0 saturated heterocycles. The Hall–Kier alpha value is -3.35. The molecule has 0 unspecified atom stereocenters. The number of anilines is 2. The van der Waals surface area contributed by atoms with Crippen molar-refractivity contribution in [1.29, 1.82) is 0 Å². The lowest BCUT2D eigenvalue weighted by Crippen LogP contribution is -2.11. The summed E-state index contributed by atoms with van der Waals surface area (Å²) in [6.07, 6.45) is 0.0905. The third kappa shape index (κ3) is 4.81. The molecule has 0 spiro atoms. The molecule has 0 radical (unpaired) electrons. The number of hydrogen-bond acceptors (Lipinski definition) is 6. The van der Waals surface area contributed by atoms with Crippen LogP contribution in [0.4, 0.5) is 16.2 Å². The Balaban J connectivity index is 1.57. The van der Waals surface area contributed by atoms with Gasteiger partial charge in [-0.25, -0.2) is 4.79 Å². The zero-order valence-electron chi connectivity index (χ0n) is 13.7. The van der Waals surface area contributed by atoms with Crippen molar-refractivity contribution in [3.63, 3.8) is 0 Å². The van der Waals surface area contributed by atoms with E-state index < -0.39 is 6.09 Å². The number of hydrogen-bond donors (Lipinski definition) is 2. The Morgan fingerprint density at radius 2 is 1.92 bits per heavy atom. The van der Waals surface area contributed by atoms with Crippen LogP contribution in [0.1, 0.15) is 17.3 Å². The Morgan fingerprint density at radius 3 is 2.72 bits per heavy atom. The molecule has 0 atom stereocenters. The van der Waals surface area contributed by atoms with Gasteiger partial charge in [-0.15, -0.1) is 0 Å². The summed E-state index contributed by atoms with van der Waals surface area (Å²) in [7, 11) is 1.32. The molecule has 2 N–H and O–H groups in total. The third-order valence-corrected chi connectivity index (χ3v) is 3.45. The van der Waals surface area contributed by atoms with E-state index >= 15 is 0 Å². The first-order chi connectivity index (χ1) is 12.2. The first kappa shape index (κ1) is 16.5. The quantitative estimate of drug-likeness (QED) is 0.715. The zero-order valence-corrected chi connectivity index (χ0v) is 13.7. The van der Waals surface area contributed by atoms with Crippen LogP contribution < -0.4 is 10.6 Å². The summed E-state index contributed by atoms with van der Waals surface area (Å²) in [6, 6.07) is 17.2. The summed E-state index contributed by atoms with van der Waals surface area (Å²) < 4.78 is 9.85. The first-order valence-corrected chi connectivity index (χ1v) is 7.77. The number of carbonyl (C=O) groups excluding carboxylic acids is 1. The van der Waals surface area contributed by atoms with E-state index in [1.807, 2.05) is 42.5 Å². The summed E-state index contributed by atoms with van der Waals surface area (Å²) in [5.74, 6) is 1.14. The minimum Gasteiger partial charge on any atom is -0.453 e. The van der Waals surface area contributed by atoms with Crippen molar-refractivity contribution in [2.24, 2.45) is 0 Å². The maximum absolute atomic E-state index is 11.2. The number of ether oxygens (including phenoxy) is 1. The molecule has 3 rings (SSSR count). The lowest BCUT2D eigenvalue weighted by Gasteiger charge is -2.07. The SMILES string of the molecule is COC(=O)Nc1cccc(NCc2noc(Cc3ccccc3)n2)c1. The Kier molecular flexibility index (Phi) is 5.26. The van der Waals surface area contributed by atoms with E-state index in [9.17, 15) is 4.79 Å². The summed E-state index contributed by atoms with van der Waals surface area (Å²) in [6.45, 7) is 0.417. The Labute approximate surface area is 145 Å². The minimum atomic E-state index is -0.513. The molecule has 7 heteroatoms. The van der Waals surface area contributed by atoms with Gasteiger partial charge in [-0.3, -0.25) is 5.32 Å². The molecule has 3 aromatic rings. The highest BCUT2D eigenvalue weighted by Crippen LogP contribution is 2.16. The van der Waals surface area contributed by atoms with E-state index in [-0.39, 0.29) is 0 Å². The van der Waals surface area contributed by atoms with Crippen LogP contribution in [-0.4, -0.2) is 23.3 Å². The number of rotatable bonds is 6. The van der Waals surface area contributed by atoms with Crippen molar-refractivity contribution in [2.45, 2.75) is 13.0 Å².